The molecule has 0 spiro atoms. The molecule has 1 aliphatic rings. The first-order chi connectivity index (χ1) is 20.0. The lowest BCUT2D eigenvalue weighted by Gasteiger charge is -2.35. The maximum absolute atomic E-state index is 13.3. The zero-order valence-electron chi connectivity index (χ0n) is 25.0. The Morgan fingerprint density at radius 2 is 1.59 bits per heavy atom. The molecule has 0 radical (unpaired) electrons. The first-order valence-corrected chi connectivity index (χ1v) is 15.4. The Morgan fingerprint density at radius 3 is 2.24 bits per heavy atom. The predicted octanol–water partition coefficient (Wildman–Crippen LogP) is 7.19. The first kappa shape index (κ1) is 30.5. The Bertz CT molecular complexity index is 1250. The van der Waals surface area contributed by atoms with Gasteiger partial charge in [0.25, 0.3) is 5.91 Å². The van der Waals surface area contributed by atoms with Gasteiger partial charge in [-0.15, -0.1) is 0 Å². The van der Waals surface area contributed by atoms with Crippen molar-refractivity contribution < 1.29 is 14.3 Å². The summed E-state index contributed by atoms with van der Waals surface area (Å²) in [5.41, 5.74) is 5.09. The molecule has 1 amide bonds. The first-order valence-electron chi connectivity index (χ1n) is 15.4. The van der Waals surface area contributed by atoms with Crippen LogP contribution >= 0.6 is 0 Å². The van der Waals surface area contributed by atoms with Gasteiger partial charge >= 0.3 is 5.97 Å². The summed E-state index contributed by atoms with van der Waals surface area (Å²) in [5, 5.41) is 3.32. The number of hydrogen-bond acceptors (Lipinski definition) is 4. The fourth-order valence-corrected chi connectivity index (χ4v) is 6.18. The van der Waals surface area contributed by atoms with Crippen LogP contribution in [-0.4, -0.2) is 49.1 Å². The minimum atomic E-state index is -0.204. The Balaban J connectivity index is 1.30. The van der Waals surface area contributed by atoms with Crippen molar-refractivity contribution in [1.82, 2.24) is 10.2 Å². The van der Waals surface area contributed by atoms with Crippen LogP contribution in [0.2, 0.25) is 0 Å². The number of aryl methyl sites for hydroxylation is 1. The highest BCUT2D eigenvalue weighted by atomic mass is 16.5. The molecule has 1 unspecified atom stereocenters. The van der Waals surface area contributed by atoms with Crippen molar-refractivity contribution in [3.05, 3.63) is 95.6 Å². The molecule has 4 rings (SSSR count). The van der Waals surface area contributed by atoms with Crippen LogP contribution in [0.25, 0.3) is 11.1 Å². The van der Waals surface area contributed by atoms with E-state index in [2.05, 4.69) is 72.6 Å². The normalized spacial score (nSPS) is 15.7. The molecule has 1 N–H and O–H groups in total. The van der Waals surface area contributed by atoms with Crippen LogP contribution in [0, 0.1) is 0 Å². The molecule has 0 aliphatic carbocycles. The zero-order chi connectivity index (χ0) is 29.1. The van der Waals surface area contributed by atoms with Gasteiger partial charge in [0.15, 0.2) is 0 Å². The number of piperidine rings is 1. The van der Waals surface area contributed by atoms with Crippen molar-refractivity contribution in [2.24, 2.45) is 0 Å². The largest absolute Gasteiger partial charge is 0.466 e. The molecule has 1 atom stereocenters. The standard InChI is InChI=1S/C36H46N2O3/c1-4-28-17-19-29(20-18-28)32-15-10-11-16-33(32)35(40)37-31-21-25-38(26-22-31)24-12-23-36(5-2,27-34(39)41-6-3)30-13-8-7-9-14-30/h7-11,13-20,31H,4-6,12,21-27H2,1-3H3,(H,37,40). The summed E-state index contributed by atoms with van der Waals surface area (Å²) in [5.74, 6) is -0.109. The maximum Gasteiger partial charge on any atom is 0.306 e. The van der Waals surface area contributed by atoms with E-state index in [0.717, 1.165) is 74.8 Å². The average Bonchev–Trinajstić information content (AvgIpc) is 3.02. The number of amides is 1. The number of nitrogens with one attached hydrogen (secondary N) is 1. The lowest BCUT2D eigenvalue weighted by molar-refractivity contribution is -0.144. The SMILES string of the molecule is CCOC(=O)CC(CC)(CCCN1CCC(NC(=O)c2ccccc2-c2ccc(CC)cc2)CC1)c1ccccc1. The zero-order valence-corrected chi connectivity index (χ0v) is 25.0. The van der Waals surface area contributed by atoms with E-state index in [4.69, 9.17) is 4.74 Å². The van der Waals surface area contributed by atoms with Crippen LogP contribution in [0.4, 0.5) is 0 Å². The highest BCUT2D eigenvalue weighted by Crippen LogP contribution is 2.37. The molecule has 0 bridgehead atoms. The van der Waals surface area contributed by atoms with Gasteiger partial charge in [0.1, 0.15) is 0 Å². The van der Waals surface area contributed by atoms with Gasteiger partial charge in [-0.05, 0) is 80.3 Å². The van der Waals surface area contributed by atoms with E-state index >= 15 is 0 Å². The van der Waals surface area contributed by atoms with Gasteiger partial charge in [0.2, 0.25) is 0 Å². The van der Waals surface area contributed by atoms with Gasteiger partial charge in [-0.3, -0.25) is 9.59 Å². The third-order valence-corrected chi connectivity index (χ3v) is 8.75. The van der Waals surface area contributed by atoms with Crippen LogP contribution in [0.3, 0.4) is 0 Å². The summed E-state index contributed by atoms with van der Waals surface area (Å²) < 4.78 is 5.35. The highest BCUT2D eigenvalue weighted by molar-refractivity contribution is 6.01. The van der Waals surface area contributed by atoms with Crippen LogP contribution in [0.15, 0.2) is 78.9 Å². The van der Waals surface area contributed by atoms with E-state index in [9.17, 15) is 9.59 Å². The molecule has 1 saturated heterocycles. The third kappa shape index (κ3) is 8.07. The number of hydrogen-bond donors (Lipinski definition) is 1. The third-order valence-electron chi connectivity index (χ3n) is 8.75. The lowest BCUT2D eigenvalue weighted by atomic mass is 9.72. The van der Waals surface area contributed by atoms with E-state index in [1.165, 1.54) is 11.1 Å². The van der Waals surface area contributed by atoms with Crippen molar-refractivity contribution in [1.29, 1.82) is 0 Å². The number of benzene rings is 3. The Morgan fingerprint density at radius 1 is 0.902 bits per heavy atom. The number of nitrogens with zero attached hydrogens (tertiary/aromatic N) is 1. The van der Waals surface area contributed by atoms with Crippen molar-refractivity contribution in [3.63, 3.8) is 0 Å². The van der Waals surface area contributed by atoms with Gasteiger partial charge in [-0.2, -0.15) is 0 Å². The summed E-state index contributed by atoms with van der Waals surface area (Å²) in [4.78, 5) is 28.4. The highest BCUT2D eigenvalue weighted by Gasteiger charge is 2.33. The molecule has 41 heavy (non-hydrogen) atoms. The van der Waals surface area contributed by atoms with E-state index in [1.54, 1.807) is 0 Å². The lowest BCUT2D eigenvalue weighted by Crippen LogP contribution is -2.45. The number of esters is 1. The van der Waals surface area contributed by atoms with Crippen molar-refractivity contribution in [2.45, 2.75) is 77.2 Å². The van der Waals surface area contributed by atoms with E-state index < -0.39 is 0 Å². The number of carbonyl (C=O) groups is 2. The quantitative estimate of drug-likeness (QED) is 0.227. The molecule has 218 valence electrons. The van der Waals surface area contributed by atoms with Gasteiger partial charge in [-0.1, -0.05) is 86.6 Å². The minimum Gasteiger partial charge on any atom is -0.466 e. The number of rotatable bonds is 13. The molecule has 5 nitrogen and oxygen atoms in total. The summed E-state index contributed by atoms with van der Waals surface area (Å²) in [6.45, 7) is 9.53. The molecule has 3 aromatic rings. The van der Waals surface area contributed by atoms with Crippen LogP contribution in [0.5, 0.6) is 0 Å². The number of likely N-dealkylation sites (tertiary alicyclic amines) is 1. The summed E-state index contributed by atoms with van der Waals surface area (Å²) in [6, 6.07) is 27.0. The number of ether oxygens (including phenoxy) is 1. The molecule has 5 heteroatoms. The van der Waals surface area contributed by atoms with Gasteiger partial charge < -0.3 is 15.0 Å². The van der Waals surface area contributed by atoms with Crippen molar-refractivity contribution in [3.8, 4) is 11.1 Å². The minimum absolute atomic E-state index is 0.00757. The molecule has 1 aliphatic heterocycles. The Labute approximate surface area is 246 Å². The average molecular weight is 555 g/mol. The second-order valence-electron chi connectivity index (χ2n) is 11.3. The fourth-order valence-electron chi connectivity index (χ4n) is 6.18. The molecule has 3 aromatic carbocycles. The summed E-state index contributed by atoms with van der Waals surface area (Å²) >= 11 is 0. The van der Waals surface area contributed by atoms with Gasteiger partial charge in [0.05, 0.1) is 13.0 Å². The van der Waals surface area contributed by atoms with Crippen molar-refractivity contribution in [2.75, 3.05) is 26.2 Å². The Hall–Kier alpha value is -3.44. The fraction of sp³-hybridized carbons (Fsp3) is 0.444. The van der Waals surface area contributed by atoms with Crippen LogP contribution in [-0.2, 0) is 21.4 Å². The van der Waals surface area contributed by atoms with E-state index in [1.807, 2.05) is 37.3 Å². The Kier molecular flexibility index (Phi) is 11.1. The smallest absolute Gasteiger partial charge is 0.306 e. The molecule has 1 heterocycles. The van der Waals surface area contributed by atoms with Crippen LogP contribution < -0.4 is 5.32 Å². The second-order valence-corrected chi connectivity index (χ2v) is 11.3. The molecule has 0 aromatic heterocycles. The van der Waals surface area contributed by atoms with E-state index in [0.29, 0.717) is 13.0 Å². The molecular weight excluding hydrogens is 508 g/mol. The summed E-state index contributed by atoms with van der Waals surface area (Å²) in [6.07, 6.45) is 6.16. The van der Waals surface area contributed by atoms with E-state index in [-0.39, 0.29) is 23.3 Å². The maximum atomic E-state index is 13.3. The second kappa shape index (κ2) is 15.0. The monoisotopic (exact) mass is 554 g/mol. The predicted molar refractivity (Wildman–Crippen MR) is 167 cm³/mol. The van der Waals surface area contributed by atoms with Gasteiger partial charge in [0, 0.05) is 30.1 Å². The topological polar surface area (TPSA) is 58.6 Å². The number of carbonyl (C=O) groups excluding carboxylic acids is 2. The summed E-state index contributed by atoms with van der Waals surface area (Å²) in [7, 11) is 0. The van der Waals surface area contributed by atoms with Gasteiger partial charge in [-0.25, -0.2) is 0 Å². The van der Waals surface area contributed by atoms with Crippen molar-refractivity contribution >= 4 is 11.9 Å². The van der Waals surface area contributed by atoms with Crippen LogP contribution in [0.1, 0.15) is 80.8 Å². The molecular formula is C36H46N2O3. The molecule has 1 fully saturated rings. The molecule has 0 saturated carbocycles.